The number of benzene rings is 1. The van der Waals surface area contributed by atoms with E-state index in [1.807, 2.05) is 13.0 Å². The zero-order valence-electron chi connectivity index (χ0n) is 10.1. The van der Waals surface area contributed by atoms with Crippen LogP contribution in [-0.4, -0.2) is 25.7 Å². The lowest BCUT2D eigenvalue weighted by atomic mass is 10.1. The number of ketones is 1. The average molecular weight is 254 g/mol. The maximum atomic E-state index is 11.7. The third kappa shape index (κ3) is 5.13. The monoisotopic (exact) mass is 254 g/mol. The first-order valence-corrected chi connectivity index (χ1v) is 7.66. The van der Waals surface area contributed by atoms with Crippen LogP contribution in [0, 0.1) is 0 Å². The van der Waals surface area contributed by atoms with E-state index >= 15 is 0 Å². The fraction of sp³-hybridized carbons (Fsp3) is 0.462. The summed E-state index contributed by atoms with van der Waals surface area (Å²) in [6.45, 7) is 1.84. The highest BCUT2D eigenvalue weighted by molar-refractivity contribution is 7.91. The molecule has 0 aliphatic heterocycles. The molecule has 0 saturated carbocycles. The molecule has 0 bridgehead atoms. The minimum Gasteiger partial charge on any atom is -0.294 e. The zero-order valence-corrected chi connectivity index (χ0v) is 10.9. The summed E-state index contributed by atoms with van der Waals surface area (Å²) in [5, 5.41) is 0. The molecule has 0 fully saturated rings. The Morgan fingerprint density at radius 1 is 1.12 bits per heavy atom. The molecule has 0 unspecified atom stereocenters. The Morgan fingerprint density at radius 3 is 2.35 bits per heavy atom. The predicted molar refractivity (Wildman–Crippen MR) is 69.0 cm³/mol. The van der Waals surface area contributed by atoms with Gasteiger partial charge in [0, 0.05) is 17.7 Å². The first kappa shape index (κ1) is 13.9. The van der Waals surface area contributed by atoms with Gasteiger partial charge in [0.25, 0.3) is 0 Å². The molecular weight excluding hydrogens is 236 g/mol. The van der Waals surface area contributed by atoms with Crippen molar-refractivity contribution in [2.45, 2.75) is 26.2 Å². The Balaban J connectivity index is 2.40. The normalized spacial score (nSPS) is 11.4. The standard InChI is InChI=1S/C13H18O3S/c1-2-10-17(15,16)11-6-9-13(14)12-7-4-3-5-8-12/h3-5,7-8H,2,6,9-11H2,1H3. The Labute approximate surface area is 103 Å². The number of hydrogen-bond donors (Lipinski definition) is 0. The molecule has 0 radical (unpaired) electrons. The maximum Gasteiger partial charge on any atom is 0.162 e. The molecule has 1 aromatic rings. The summed E-state index contributed by atoms with van der Waals surface area (Å²) in [4.78, 5) is 11.7. The first-order chi connectivity index (χ1) is 8.05. The molecule has 0 aliphatic carbocycles. The van der Waals surface area contributed by atoms with Crippen LogP contribution in [0.5, 0.6) is 0 Å². The Morgan fingerprint density at radius 2 is 1.76 bits per heavy atom. The maximum absolute atomic E-state index is 11.7. The summed E-state index contributed by atoms with van der Waals surface area (Å²) < 4.78 is 22.9. The van der Waals surface area contributed by atoms with Crippen molar-refractivity contribution in [2.75, 3.05) is 11.5 Å². The van der Waals surface area contributed by atoms with Crippen LogP contribution in [0.15, 0.2) is 30.3 Å². The lowest BCUT2D eigenvalue weighted by molar-refractivity contribution is 0.0982. The second kappa shape index (κ2) is 6.55. The predicted octanol–water partition coefficient (Wildman–Crippen LogP) is 2.47. The van der Waals surface area contributed by atoms with Crippen LogP contribution in [-0.2, 0) is 9.84 Å². The number of sulfone groups is 1. The van der Waals surface area contributed by atoms with Gasteiger partial charge in [0.05, 0.1) is 5.75 Å². The second-order valence-electron chi connectivity index (χ2n) is 4.04. The molecule has 4 heteroatoms. The third-order valence-corrected chi connectivity index (χ3v) is 4.41. The number of carbonyl (C=O) groups is 1. The van der Waals surface area contributed by atoms with Crippen LogP contribution in [0.25, 0.3) is 0 Å². The van der Waals surface area contributed by atoms with Gasteiger partial charge in [-0.3, -0.25) is 4.79 Å². The largest absolute Gasteiger partial charge is 0.294 e. The van der Waals surface area contributed by atoms with Crippen molar-refractivity contribution in [1.29, 1.82) is 0 Å². The Hall–Kier alpha value is -1.16. The minimum atomic E-state index is -2.96. The Kier molecular flexibility index (Phi) is 5.35. The van der Waals surface area contributed by atoms with E-state index in [0.717, 1.165) is 0 Å². The smallest absolute Gasteiger partial charge is 0.162 e. The molecule has 0 aliphatic rings. The van der Waals surface area contributed by atoms with Gasteiger partial charge in [0.1, 0.15) is 9.84 Å². The minimum absolute atomic E-state index is 0.0114. The van der Waals surface area contributed by atoms with Gasteiger partial charge in [-0.05, 0) is 12.8 Å². The topological polar surface area (TPSA) is 51.2 Å². The quantitative estimate of drug-likeness (QED) is 0.702. The van der Waals surface area contributed by atoms with E-state index in [4.69, 9.17) is 0 Å². The molecule has 0 N–H and O–H groups in total. The van der Waals surface area contributed by atoms with E-state index in [9.17, 15) is 13.2 Å². The summed E-state index contributed by atoms with van der Waals surface area (Å²) in [7, 11) is -2.96. The Bertz CT molecular complexity index is 449. The van der Waals surface area contributed by atoms with Crippen LogP contribution in [0.1, 0.15) is 36.5 Å². The van der Waals surface area contributed by atoms with Gasteiger partial charge < -0.3 is 0 Å². The molecule has 3 nitrogen and oxygen atoms in total. The van der Waals surface area contributed by atoms with E-state index in [1.165, 1.54) is 0 Å². The molecule has 94 valence electrons. The molecule has 0 heterocycles. The molecule has 0 spiro atoms. The van der Waals surface area contributed by atoms with Crippen molar-refractivity contribution in [3.05, 3.63) is 35.9 Å². The van der Waals surface area contributed by atoms with Crippen molar-refractivity contribution < 1.29 is 13.2 Å². The lowest BCUT2D eigenvalue weighted by Gasteiger charge is -2.02. The molecular formula is C13H18O3S. The SMILES string of the molecule is CCCS(=O)(=O)CCCC(=O)c1ccccc1. The van der Waals surface area contributed by atoms with E-state index in [2.05, 4.69) is 0 Å². The van der Waals surface area contributed by atoms with Gasteiger partial charge in [-0.25, -0.2) is 8.42 Å². The highest BCUT2D eigenvalue weighted by Gasteiger charge is 2.11. The summed E-state index contributed by atoms with van der Waals surface area (Å²) in [5.41, 5.74) is 0.653. The van der Waals surface area contributed by atoms with Crippen LogP contribution in [0.3, 0.4) is 0 Å². The van der Waals surface area contributed by atoms with Crippen LogP contribution in [0.4, 0.5) is 0 Å². The molecule has 0 saturated heterocycles. The molecule has 1 rings (SSSR count). The number of rotatable bonds is 7. The van der Waals surface area contributed by atoms with Crippen molar-refractivity contribution in [3.8, 4) is 0 Å². The summed E-state index contributed by atoms with van der Waals surface area (Å²) in [5.74, 6) is 0.337. The van der Waals surface area contributed by atoms with Crippen molar-refractivity contribution in [2.24, 2.45) is 0 Å². The number of carbonyl (C=O) groups excluding carboxylic acids is 1. The van der Waals surface area contributed by atoms with Crippen LogP contribution >= 0.6 is 0 Å². The van der Waals surface area contributed by atoms with Gasteiger partial charge in [-0.2, -0.15) is 0 Å². The van der Waals surface area contributed by atoms with Crippen LogP contribution in [0.2, 0.25) is 0 Å². The third-order valence-electron chi connectivity index (χ3n) is 2.47. The summed E-state index contributed by atoms with van der Waals surface area (Å²) in [6.07, 6.45) is 1.35. The molecule has 0 amide bonds. The first-order valence-electron chi connectivity index (χ1n) is 5.84. The fourth-order valence-electron chi connectivity index (χ4n) is 1.63. The van der Waals surface area contributed by atoms with Gasteiger partial charge in [-0.15, -0.1) is 0 Å². The zero-order chi connectivity index (χ0) is 12.7. The highest BCUT2D eigenvalue weighted by atomic mass is 32.2. The summed E-state index contributed by atoms with van der Waals surface area (Å²) >= 11 is 0. The fourth-order valence-corrected chi connectivity index (χ4v) is 3.04. The van der Waals surface area contributed by atoms with Gasteiger partial charge in [0.2, 0.25) is 0 Å². The average Bonchev–Trinajstić information content (AvgIpc) is 2.29. The second-order valence-corrected chi connectivity index (χ2v) is 6.35. The van der Waals surface area contributed by atoms with E-state index in [1.54, 1.807) is 24.3 Å². The van der Waals surface area contributed by atoms with E-state index in [0.29, 0.717) is 24.8 Å². The molecule has 1 aromatic carbocycles. The molecule has 0 atom stereocenters. The van der Waals surface area contributed by atoms with E-state index < -0.39 is 9.84 Å². The van der Waals surface area contributed by atoms with Crippen molar-refractivity contribution >= 4 is 15.6 Å². The number of hydrogen-bond acceptors (Lipinski definition) is 3. The van der Waals surface area contributed by atoms with Crippen LogP contribution < -0.4 is 0 Å². The van der Waals surface area contributed by atoms with E-state index in [-0.39, 0.29) is 17.3 Å². The number of Topliss-reactive ketones (excluding diaryl/α,β-unsaturated/α-hetero) is 1. The van der Waals surface area contributed by atoms with Crippen molar-refractivity contribution in [3.63, 3.8) is 0 Å². The van der Waals surface area contributed by atoms with Crippen molar-refractivity contribution in [1.82, 2.24) is 0 Å². The van der Waals surface area contributed by atoms with Gasteiger partial charge in [-0.1, -0.05) is 37.3 Å². The molecule has 0 aromatic heterocycles. The highest BCUT2D eigenvalue weighted by Crippen LogP contribution is 2.07. The van der Waals surface area contributed by atoms with Gasteiger partial charge in [0.15, 0.2) is 5.78 Å². The molecule has 17 heavy (non-hydrogen) atoms. The van der Waals surface area contributed by atoms with Gasteiger partial charge >= 0.3 is 0 Å². The lowest BCUT2D eigenvalue weighted by Crippen LogP contribution is -2.12. The summed E-state index contributed by atoms with van der Waals surface area (Å²) in [6, 6.07) is 8.97.